The Bertz CT molecular complexity index is 637. The molecule has 1 rings (SSSR count). The molecule has 0 aliphatic carbocycles. The number of hydrogen-bond acceptors (Lipinski definition) is 4. The summed E-state index contributed by atoms with van der Waals surface area (Å²) in [6.45, 7) is 4.43. The van der Waals surface area contributed by atoms with Gasteiger partial charge in [-0.25, -0.2) is 0 Å². The normalized spacial score (nSPS) is 18.5. The Morgan fingerprint density at radius 2 is 1.26 bits per heavy atom. The van der Waals surface area contributed by atoms with Crippen molar-refractivity contribution in [2.24, 2.45) is 23.5 Å². The SMILES string of the molecule is CCCCCCCCCCCC(C[C@@H]1OC(=O)[C@H]1CCCCCC)[C@H](CCCCCCCC(N)=O)C(=O)O. The van der Waals surface area contributed by atoms with Crippen LogP contribution in [0.2, 0.25) is 0 Å². The summed E-state index contributed by atoms with van der Waals surface area (Å²) < 4.78 is 5.58. The van der Waals surface area contributed by atoms with Gasteiger partial charge in [0, 0.05) is 6.42 Å². The minimum atomic E-state index is -0.704. The maximum atomic E-state index is 12.4. The Labute approximate surface area is 233 Å². The van der Waals surface area contributed by atoms with E-state index in [0.717, 1.165) is 70.6 Å². The Morgan fingerprint density at radius 3 is 1.79 bits per heavy atom. The van der Waals surface area contributed by atoms with Crippen molar-refractivity contribution in [2.45, 2.75) is 168 Å². The minimum Gasteiger partial charge on any atom is -0.481 e. The quantitative estimate of drug-likeness (QED) is 0.0809. The number of carbonyl (C=O) groups is 3. The van der Waals surface area contributed by atoms with Gasteiger partial charge >= 0.3 is 11.9 Å². The van der Waals surface area contributed by atoms with E-state index in [4.69, 9.17) is 10.5 Å². The van der Waals surface area contributed by atoms with Crippen LogP contribution in [0, 0.1) is 17.8 Å². The van der Waals surface area contributed by atoms with Crippen molar-refractivity contribution in [3.8, 4) is 0 Å². The van der Waals surface area contributed by atoms with E-state index >= 15 is 0 Å². The molecule has 6 nitrogen and oxygen atoms in total. The summed E-state index contributed by atoms with van der Waals surface area (Å²) in [6.07, 6.45) is 23.9. The standard InChI is InChI=1S/C32H59NO5/c1-3-5-7-9-10-11-12-14-17-21-26(25-29-28(32(37)38-29)23-18-8-6-4-2)27(31(35)36)22-19-15-13-16-20-24-30(33)34/h26-29H,3-25H2,1-2H3,(H2,33,34)(H,35,36)/t26?,27-,28-,29-/m0/s1. The van der Waals surface area contributed by atoms with E-state index in [1.807, 2.05) is 0 Å². The number of esters is 1. The number of aliphatic carboxylic acids is 1. The fourth-order valence-corrected chi connectivity index (χ4v) is 5.96. The maximum Gasteiger partial charge on any atom is 0.313 e. The van der Waals surface area contributed by atoms with Crippen LogP contribution < -0.4 is 5.73 Å². The second-order valence-corrected chi connectivity index (χ2v) is 11.8. The Balaban J connectivity index is 2.57. The summed E-state index contributed by atoms with van der Waals surface area (Å²) in [4.78, 5) is 35.4. The first-order valence-electron chi connectivity index (χ1n) is 16.1. The molecule has 0 aromatic heterocycles. The van der Waals surface area contributed by atoms with Crippen molar-refractivity contribution in [3.63, 3.8) is 0 Å². The van der Waals surface area contributed by atoms with Gasteiger partial charge in [0.25, 0.3) is 0 Å². The summed E-state index contributed by atoms with van der Waals surface area (Å²) in [5, 5.41) is 10.2. The van der Waals surface area contributed by atoms with Crippen molar-refractivity contribution in [1.29, 1.82) is 0 Å². The van der Waals surface area contributed by atoms with Crippen molar-refractivity contribution < 1.29 is 24.2 Å². The number of hydrogen-bond donors (Lipinski definition) is 2. The van der Waals surface area contributed by atoms with Crippen LogP contribution in [-0.4, -0.2) is 29.1 Å². The van der Waals surface area contributed by atoms with Gasteiger partial charge in [-0.15, -0.1) is 0 Å². The van der Waals surface area contributed by atoms with Crippen LogP contribution in [-0.2, 0) is 19.1 Å². The Kier molecular flexibility index (Phi) is 20.2. The summed E-state index contributed by atoms with van der Waals surface area (Å²) >= 11 is 0. The molecule has 0 saturated carbocycles. The van der Waals surface area contributed by atoms with Crippen LogP contribution in [0.4, 0.5) is 0 Å². The molecule has 0 spiro atoms. The summed E-state index contributed by atoms with van der Waals surface area (Å²) in [5.41, 5.74) is 5.21. The smallest absolute Gasteiger partial charge is 0.313 e. The molecule has 1 aliphatic rings. The number of rotatable bonds is 27. The van der Waals surface area contributed by atoms with Crippen LogP contribution in [0.5, 0.6) is 0 Å². The van der Waals surface area contributed by atoms with E-state index in [-0.39, 0.29) is 35.7 Å². The lowest BCUT2D eigenvalue weighted by Gasteiger charge is -2.38. The van der Waals surface area contributed by atoms with E-state index in [2.05, 4.69) is 13.8 Å². The number of carboxylic acids is 1. The highest BCUT2D eigenvalue weighted by molar-refractivity contribution is 5.78. The number of unbranched alkanes of at least 4 members (excludes halogenated alkanes) is 15. The molecule has 38 heavy (non-hydrogen) atoms. The topological polar surface area (TPSA) is 107 Å². The zero-order chi connectivity index (χ0) is 28.0. The second-order valence-electron chi connectivity index (χ2n) is 11.8. The first kappa shape index (κ1) is 34.4. The lowest BCUT2D eigenvalue weighted by molar-refractivity contribution is -0.188. The third-order valence-electron chi connectivity index (χ3n) is 8.43. The molecule has 0 radical (unpaired) electrons. The fourth-order valence-electron chi connectivity index (χ4n) is 5.96. The van der Waals surface area contributed by atoms with Crippen molar-refractivity contribution >= 4 is 17.8 Å². The zero-order valence-electron chi connectivity index (χ0n) is 24.7. The number of carbonyl (C=O) groups excluding carboxylic acids is 2. The third-order valence-corrected chi connectivity index (χ3v) is 8.43. The largest absolute Gasteiger partial charge is 0.481 e. The van der Waals surface area contributed by atoms with Gasteiger partial charge in [0.1, 0.15) is 6.10 Å². The predicted molar refractivity (Wildman–Crippen MR) is 155 cm³/mol. The summed E-state index contributed by atoms with van der Waals surface area (Å²) in [6, 6.07) is 0. The molecule has 0 aromatic rings. The summed E-state index contributed by atoms with van der Waals surface area (Å²) in [5.74, 6) is -1.41. The highest BCUT2D eigenvalue weighted by atomic mass is 16.6. The third kappa shape index (κ3) is 15.7. The van der Waals surface area contributed by atoms with Gasteiger partial charge in [0.15, 0.2) is 0 Å². The first-order valence-corrected chi connectivity index (χ1v) is 16.1. The van der Waals surface area contributed by atoms with Gasteiger partial charge in [-0.1, -0.05) is 123 Å². The van der Waals surface area contributed by atoms with E-state index in [0.29, 0.717) is 19.3 Å². The minimum absolute atomic E-state index is 0.0443. The molecular formula is C32H59NO5. The molecule has 1 heterocycles. The lowest BCUT2D eigenvalue weighted by Crippen LogP contribution is -2.47. The molecule has 1 unspecified atom stereocenters. The van der Waals surface area contributed by atoms with E-state index in [1.54, 1.807) is 0 Å². The monoisotopic (exact) mass is 537 g/mol. The number of nitrogens with two attached hydrogens (primary N) is 1. The van der Waals surface area contributed by atoms with Crippen LogP contribution in [0.25, 0.3) is 0 Å². The average Bonchev–Trinajstić information content (AvgIpc) is 2.87. The number of amides is 1. The first-order chi connectivity index (χ1) is 18.4. The second kappa shape index (κ2) is 22.2. The summed E-state index contributed by atoms with van der Waals surface area (Å²) in [7, 11) is 0. The molecule has 222 valence electrons. The Hall–Kier alpha value is -1.59. The van der Waals surface area contributed by atoms with Gasteiger partial charge in [-0.05, 0) is 38.0 Å². The van der Waals surface area contributed by atoms with Crippen molar-refractivity contribution in [1.82, 2.24) is 0 Å². The van der Waals surface area contributed by atoms with Crippen LogP contribution in [0.1, 0.15) is 162 Å². The van der Waals surface area contributed by atoms with Gasteiger partial charge < -0.3 is 15.6 Å². The number of ether oxygens (including phenoxy) is 1. The molecule has 1 amide bonds. The van der Waals surface area contributed by atoms with Gasteiger partial charge in [0.05, 0.1) is 11.8 Å². The number of carboxylic acid groups (broad SMARTS) is 1. The molecule has 0 aromatic carbocycles. The Morgan fingerprint density at radius 1 is 0.763 bits per heavy atom. The van der Waals surface area contributed by atoms with Crippen molar-refractivity contribution in [2.75, 3.05) is 0 Å². The number of primary amides is 1. The van der Waals surface area contributed by atoms with Crippen molar-refractivity contribution in [3.05, 3.63) is 0 Å². The van der Waals surface area contributed by atoms with Gasteiger partial charge in [-0.2, -0.15) is 0 Å². The number of cyclic esters (lactones) is 1. The van der Waals surface area contributed by atoms with E-state index in [1.165, 1.54) is 57.8 Å². The molecule has 1 saturated heterocycles. The van der Waals surface area contributed by atoms with Crippen LogP contribution in [0.3, 0.4) is 0 Å². The van der Waals surface area contributed by atoms with E-state index in [9.17, 15) is 19.5 Å². The molecule has 6 heteroatoms. The average molecular weight is 538 g/mol. The zero-order valence-corrected chi connectivity index (χ0v) is 24.7. The lowest BCUT2D eigenvalue weighted by atomic mass is 9.76. The van der Waals surface area contributed by atoms with Gasteiger partial charge in [0.2, 0.25) is 5.91 Å². The predicted octanol–water partition coefficient (Wildman–Crippen LogP) is 8.34. The maximum absolute atomic E-state index is 12.4. The highest BCUT2D eigenvalue weighted by Crippen LogP contribution is 2.37. The molecule has 1 aliphatic heterocycles. The van der Waals surface area contributed by atoms with Crippen LogP contribution >= 0.6 is 0 Å². The molecule has 0 bridgehead atoms. The molecule has 1 fully saturated rings. The highest BCUT2D eigenvalue weighted by Gasteiger charge is 2.44. The molecule has 3 N–H and O–H groups in total. The molecule has 4 atom stereocenters. The molecular weight excluding hydrogens is 478 g/mol. The van der Waals surface area contributed by atoms with Gasteiger partial charge in [-0.3, -0.25) is 14.4 Å². The van der Waals surface area contributed by atoms with Crippen LogP contribution in [0.15, 0.2) is 0 Å². The van der Waals surface area contributed by atoms with E-state index < -0.39 is 5.97 Å². The fraction of sp³-hybridized carbons (Fsp3) is 0.906.